The first-order chi connectivity index (χ1) is 9.02. The van der Waals surface area contributed by atoms with Crippen LogP contribution in [0.5, 0.6) is 0 Å². The molecular formula is C12H18N4O2S. The van der Waals surface area contributed by atoms with Crippen molar-refractivity contribution in [1.82, 2.24) is 0 Å². The van der Waals surface area contributed by atoms with Gasteiger partial charge < -0.3 is 22.1 Å². The lowest BCUT2D eigenvalue weighted by atomic mass is 10.2. The molecule has 0 radical (unpaired) electrons. The second kappa shape index (κ2) is 7.65. The fraction of sp³-hybridized carbons (Fsp3) is 0.333. The van der Waals surface area contributed by atoms with Crippen molar-refractivity contribution >= 4 is 35.1 Å². The van der Waals surface area contributed by atoms with E-state index in [0.29, 0.717) is 17.8 Å². The standard InChI is InChI=1S/C12H18N4O2S/c1-19-6-5-10(13)11(17)15-8-3-2-4-9(7-8)16-12(14)18/h2-4,7,10H,5-6,13H2,1H3,(H,15,17)(H3,14,16,18)/t10-/m1/s1. The lowest BCUT2D eigenvalue weighted by Crippen LogP contribution is -2.36. The molecule has 0 aromatic heterocycles. The van der Waals surface area contributed by atoms with Gasteiger partial charge >= 0.3 is 6.03 Å². The zero-order valence-corrected chi connectivity index (χ0v) is 11.5. The van der Waals surface area contributed by atoms with E-state index in [1.54, 1.807) is 36.0 Å². The van der Waals surface area contributed by atoms with E-state index >= 15 is 0 Å². The fourth-order valence-corrected chi connectivity index (χ4v) is 1.92. The van der Waals surface area contributed by atoms with Crippen LogP contribution in [-0.2, 0) is 4.79 Å². The van der Waals surface area contributed by atoms with E-state index < -0.39 is 12.1 Å². The van der Waals surface area contributed by atoms with Gasteiger partial charge in [0.2, 0.25) is 5.91 Å². The van der Waals surface area contributed by atoms with Crippen LogP contribution < -0.4 is 22.1 Å². The van der Waals surface area contributed by atoms with Crippen molar-refractivity contribution in [1.29, 1.82) is 0 Å². The molecule has 7 heteroatoms. The molecule has 0 aliphatic rings. The number of anilines is 2. The molecule has 0 unspecified atom stereocenters. The highest BCUT2D eigenvalue weighted by Crippen LogP contribution is 2.15. The molecule has 1 aromatic rings. The normalized spacial score (nSPS) is 11.7. The molecule has 3 amide bonds. The van der Waals surface area contributed by atoms with Crippen LogP contribution in [0.1, 0.15) is 6.42 Å². The van der Waals surface area contributed by atoms with Crippen LogP contribution in [0.4, 0.5) is 16.2 Å². The number of hydrogen-bond donors (Lipinski definition) is 4. The molecule has 1 rings (SSSR count). The Hall–Kier alpha value is -1.73. The highest BCUT2D eigenvalue weighted by molar-refractivity contribution is 7.98. The van der Waals surface area contributed by atoms with Gasteiger partial charge in [-0.25, -0.2) is 4.79 Å². The third kappa shape index (κ3) is 5.62. The third-order valence-corrected chi connectivity index (χ3v) is 3.01. The minimum absolute atomic E-state index is 0.245. The fourth-order valence-electron chi connectivity index (χ4n) is 1.43. The van der Waals surface area contributed by atoms with Gasteiger partial charge in [-0.1, -0.05) is 6.07 Å². The number of primary amides is 1. The summed E-state index contributed by atoms with van der Waals surface area (Å²) in [6, 6.07) is 5.51. The Morgan fingerprint density at radius 2 is 1.95 bits per heavy atom. The molecule has 1 aromatic carbocycles. The third-order valence-electron chi connectivity index (χ3n) is 2.37. The van der Waals surface area contributed by atoms with E-state index in [2.05, 4.69) is 10.6 Å². The van der Waals surface area contributed by atoms with Gasteiger partial charge in [0.15, 0.2) is 0 Å². The summed E-state index contributed by atoms with van der Waals surface area (Å²) in [5, 5.41) is 5.13. The number of nitrogens with two attached hydrogens (primary N) is 2. The smallest absolute Gasteiger partial charge is 0.316 e. The summed E-state index contributed by atoms with van der Waals surface area (Å²) in [6.45, 7) is 0. The Kier molecular flexibility index (Phi) is 6.17. The number of nitrogens with one attached hydrogen (secondary N) is 2. The minimum atomic E-state index is -0.653. The van der Waals surface area contributed by atoms with Crippen molar-refractivity contribution in [3.05, 3.63) is 24.3 Å². The molecule has 0 saturated carbocycles. The number of carbonyl (C=O) groups is 2. The first kappa shape index (κ1) is 15.3. The van der Waals surface area contributed by atoms with Gasteiger partial charge in [0.25, 0.3) is 0 Å². The molecule has 0 aliphatic carbocycles. The predicted molar refractivity (Wildman–Crippen MR) is 79.3 cm³/mol. The summed E-state index contributed by atoms with van der Waals surface area (Å²) in [4.78, 5) is 22.5. The number of urea groups is 1. The molecule has 0 spiro atoms. The molecule has 0 saturated heterocycles. The second-order valence-corrected chi connectivity index (χ2v) is 4.93. The van der Waals surface area contributed by atoms with Gasteiger partial charge in [0, 0.05) is 11.4 Å². The van der Waals surface area contributed by atoms with Gasteiger partial charge in [0.1, 0.15) is 0 Å². The topological polar surface area (TPSA) is 110 Å². The first-order valence-electron chi connectivity index (χ1n) is 5.75. The van der Waals surface area contributed by atoms with Crippen LogP contribution >= 0.6 is 11.8 Å². The molecule has 19 heavy (non-hydrogen) atoms. The Morgan fingerprint density at radius 1 is 1.32 bits per heavy atom. The monoisotopic (exact) mass is 282 g/mol. The van der Waals surface area contributed by atoms with Crippen molar-refractivity contribution in [2.75, 3.05) is 22.6 Å². The molecule has 0 fully saturated rings. The Balaban J connectivity index is 2.61. The first-order valence-corrected chi connectivity index (χ1v) is 7.14. The highest BCUT2D eigenvalue weighted by Gasteiger charge is 2.13. The van der Waals surface area contributed by atoms with Crippen LogP contribution in [0, 0.1) is 0 Å². The molecule has 0 aliphatic heterocycles. The molecule has 0 bridgehead atoms. The van der Waals surface area contributed by atoms with Crippen molar-refractivity contribution in [2.24, 2.45) is 11.5 Å². The molecule has 6 N–H and O–H groups in total. The Labute approximate surface area is 116 Å². The zero-order valence-electron chi connectivity index (χ0n) is 10.7. The maximum absolute atomic E-state index is 11.8. The van der Waals surface area contributed by atoms with Crippen molar-refractivity contribution in [2.45, 2.75) is 12.5 Å². The number of hydrogen-bond acceptors (Lipinski definition) is 4. The van der Waals surface area contributed by atoms with E-state index in [1.807, 2.05) is 6.26 Å². The lowest BCUT2D eigenvalue weighted by molar-refractivity contribution is -0.117. The summed E-state index contributed by atoms with van der Waals surface area (Å²) in [6.07, 6.45) is 2.58. The second-order valence-electron chi connectivity index (χ2n) is 3.95. The van der Waals surface area contributed by atoms with Crippen LogP contribution in [-0.4, -0.2) is 30.0 Å². The minimum Gasteiger partial charge on any atom is -0.351 e. The summed E-state index contributed by atoms with van der Waals surface area (Å²) < 4.78 is 0. The largest absolute Gasteiger partial charge is 0.351 e. The van der Waals surface area contributed by atoms with E-state index in [0.717, 1.165) is 5.75 Å². The number of amides is 3. The van der Waals surface area contributed by atoms with Crippen LogP contribution in [0.15, 0.2) is 24.3 Å². The summed E-state index contributed by atoms with van der Waals surface area (Å²) in [7, 11) is 0. The SMILES string of the molecule is CSCC[C@@H](N)C(=O)Nc1cccc(NC(N)=O)c1. The maximum atomic E-state index is 11.8. The molecule has 6 nitrogen and oxygen atoms in total. The molecule has 104 valence electrons. The maximum Gasteiger partial charge on any atom is 0.316 e. The number of rotatable bonds is 6. The number of carbonyl (C=O) groups excluding carboxylic acids is 2. The summed E-state index contributed by atoms with van der Waals surface area (Å²) in [5.41, 5.74) is 11.9. The van der Waals surface area contributed by atoms with Gasteiger partial charge in [-0.15, -0.1) is 0 Å². The van der Waals surface area contributed by atoms with Gasteiger partial charge in [-0.2, -0.15) is 11.8 Å². The van der Waals surface area contributed by atoms with Crippen molar-refractivity contribution < 1.29 is 9.59 Å². The Morgan fingerprint density at radius 3 is 2.53 bits per heavy atom. The van der Waals surface area contributed by atoms with Crippen LogP contribution in [0.3, 0.4) is 0 Å². The van der Waals surface area contributed by atoms with Gasteiger partial charge in [-0.05, 0) is 36.6 Å². The average Bonchev–Trinajstić information content (AvgIpc) is 2.35. The zero-order chi connectivity index (χ0) is 14.3. The predicted octanol–water partition coefficient (Wildman–Crippen LogP) is 1.20. The van der Waals surface area contributed by atoms with Gasteiger partial charge in [-0.3, -0.25) is 4.79 Å². The van der Waals surface area contributed by atoms with Crippen LogP contribution in [0.25, 0.3) is 0 Å². The van der Waals surface area contributed by atoms with E-state index in [4.69, 9.17) is 11.5 Å². The van der Waals surface area contributed by atoms with E-state index in [1.165, 1.54) is 0 Å². The molecule has 1 atom stereocenters. The van der Waals surface area contributed by atoms with Crippen molar-refractivity contribution in [3.63, 3.8) is 0 Å². The lowest BCUT2D eigenvalue weighted by Gasteiger charge is -2.12. The number of thioether (sulfide) groups is 1. The van der Waals surface area contributed by atoms with Crippen molar-refractivity contribution in [3.8, 4) is 0 Å². The molecule has 0 heterocycles. The van der Waals surface area contributed by atoms with E-state index in [9.17, 15) is 9.59 Å². The molecular weight excluding hydrogens is 264 g/mol. The average molecular weight is 282 g/mol. The van der Waals surface area contributed by atoms with Gasteiger partial charge in [0.05, 0.1) is 6.04 Å². The Bertz CT molecular complexity index is 453. The quantitative estimate of drug-likeness (QED) is 0.628. The van der Waals surface area contributed by atoms with E-state index in [-0.39, 0.29) is 5.91 Å². The summed E-state index contributed by atoms with van der Waals surface area (Å²) in [5.74, 6) is 0.586. The number of benzene rings is 1. The van der Waals surface area contributed by atoms with Crippen LogP contribution in [0.2, 0.25) is 0 Å². The highest BCUT2D eigenvalue weighted by atomic mass is 32.2. The summed E-state index contributed by atoms with van der Waals surface area (Å²) >= 11 is 1.64.